The average molecular weight is 224 g/mol. The number of nitrogens with one attached hydrogen (secondary N) is 1. The van der Waals surface area contributed by atoms with Crippen LogP contribution in [0.2, 0.25) is 0 Å². The molecule has 0 aromatic heterocycles. The lowest BCUT2D eigenvalue weighted by Crippen LogP contribution is -2.42. The van der Waals surface area contributed by atoms with Gasteiger partial charge in [0.1, 0.15) is 0 Å². The Labute approximate surface area is 98.6 Å². The SMILES string of the molecule is CNCCC(=O)N1CCC2(CCCC2)CC1. The molecule has 0 unspecified atom stereocenters. The van der Waals surface area contributed by atoms with Crippen LogP contribution in [0.1, 0.15) is 44.9 Å². The molecule has 1 heterocycles. The van der Waals surface area contributed by atoms with Gasteiger partial charge in [-0.05, 0) is 38.1 Å². The van der Waals surface area contributed by atoms with Crippen LogP contribution in [0.5, 0.6) is 0 Å². The van der Waals surface area contributed by atoms with Crippen LogP contribution in [-0.4, -0.2) is 37.5 Å². The number of amides is 1. The van der Waals surface area contributed by atoms with Crippen molar-refractivity contribution in [2.24, 2.45) is 5.41 Å². The second-order valence-electron chi connectivity index (χ2n) is 5.44. The third-order valence-corrected chi connectivity index (χ3v) is 4.43. The van der Waals surface area contributed by atoms with Crippen LogP contribution < -0.4 is 5.32 Å². The Morgan fingerprint density at radius 3 is 2.38 bits per heavy atom. The van der Waals surface area contributed by atoms with E-state index in [1.54, 1.807) is 0 Å². The standard InChI is InChI=1S/C13H24N2O/c1-14-9-4-12(16)15-10-7-13(8-11-15)5-2-3-6-13/h14H,2-11H2,1H3. The first-order chi connectivity index (χ1) is 7.76. The van der Waals surface area contributed by atoms with Crippen LogP contribution in [0.3, 0.4) is 0 Å². The summed E-state index contributed by atoms with van der Waals surface area (Å²) < 4.78 is 0. The fraction of sp³-hybridized carbons (Fsp3) is 0.923. The number of hydrogen-bond acceptors (Lipinski definition) is 2. The van der Waals surface area contributed by atoms with Gasteiger partial charge in [0, 0.05) is 26.1 Å². The molecule has 1 aliphatic carbocycles. The van der Waals surface area contributed by atoms with Crippen LogP contribution in [0.4, 0.5) is 0 Å². The predicted octanol–water partition coefficient (Wildman–Crippen LogP) is 1.78. The van der Waals surface area contributed by atoms with Gasteiger partial charge in [0.2, 0.25) is 5.91 Å². The summed E-state index contributed by atoms with van der Waals surface area (Å²) in [6, 6.07) is 0. The number of carbonyl (C=O) groups excluding carboxylic acids is 1. The fourth-order valence-corrected chi connectivity index (χ4v) is 3.25. The Morgan fingerprint density at radius 1 is 1.19 bits per heavy atom. The number of carbonyl (C=O) groups is 1. The quantitative estimate of drug-likeness (QED) is 0.792. The predicted molar refractivity (Wildman–Crippen MR) is 65.3 cm³/mol. The highest BCUT2D eigenvalue weighted by atomic mass is 16.2. The van der Waals surface area contributed by atoms with Gasteiger partial charge in [-0.25, -0.2) is 0 Å². The highest BCUT2D eigenvalue weighted by Crippen LogP contribution is 2.46. The first kappa shape index (κ1) is 11.9. The number of rotatable bonds is 3. The lowest BCUT2D eigenvalue weighted by Gasteiger charge is -2.39. The van der Waals surface area contributed by atoms with E-state index in [0.717, 1.165) is 19.6 Å². The monoisotopic (exact) mass is 224 g/mol. The van der Waals surface area contributed by atoms with E-state index in [1.165, 1.54) is 38.5 Å². The van der Waals surface area contributed by atoms with Crippen molar-refractivity contribution in [3.63, 3.8) is 0 Å². The van der Waals surface area contributed by atoms with E-state index in [-0.39, 0.29) is 0 Å². The van der Waals surface area contributed by atoms with Crippen molar-refractivity contribution in [3.8, 4) is 0 Å². The maximum atomic E-state index is 11.8. The molecular weight excluding hydrogens is 200 g/mol. The zero-order chi connectivity index (χ0) is 11.4. The van der Waals surface area contributed by atoms with Gasteiger partial charge in [-0.15, -0.1) is 0 Å². The first-order valence-corrected chi connectivity index (χ1v) is 6.68. The molecule has 92 valence electrons. The van der Waals surface area contributed by atoms with E-state index in [9.17, 15) is 4.79 Å². The molecule has 3 heteroatoms. The van der Waals surface area contributed by atoms with E-state index in [0.29, 0.717) is 17.7 Å². The Kier molecular flexibility index (Phi) is 3.85. The van der Waals surface area contributed by atoms with E-state index in [1.807, 2.05) is 7.05 Å². The lowest BCUT2D eigenvalue weighted by molar-refractivity contribution is -0.133. The van der Waals surface area contributed by atoms with E-state index in [4.69, 9.17) is 0 Å². The van der Waals surface area contributed by atoms with Crippen LogP contribution in [0, 0.1) is 5.41 Å². The van der Waals surface area contributed by atoms with Gasteiger partial charge < -0.3 is 10.2 Å². The van der Waals surface area contributed by atoms with Crippen molar-refractivity contribution in [3.05, 3.63) is 0 Å². The summed E-state index contributed by atoms with van der Waals surface area (Å²) in [5.41, 5.74) is 0.625. The smallest absolute Gasteiger partial charge is 0.223 e. The third-order valence-electron chi connectivity index (χ3n) is 4.43. The molecule has 2 rings (SSSR count). The van der Waals surface area contributed by atoms with Crippen LogP contribution >= 0.6 is 0 Å². The summed E-state index contributed by atoms with van der Waals surface area (Å²) in [4.78, 5) is 13.9. The Balaban J connectivity index is 1.78. The van der Waals surface area contributed by atoms with Gasteiger partial charge in [-0.1, -0.05) is 12.8 Å². The van der Waals surface area contributed by atoms with Crippen LogP contribution in [0.15, 0.2) is 0 Å². The Bertz CT molecular complexity index is 236. The molecule has 1 saturated carbocycles. The highest BCUT2D eigenvalue weighted by molar-refractivity contribution is 5.76. The highest BCUT2D eigenvalue weighted by Gasteiger charge is 2.37. The molecule has 1 aliphatic heterocycles. The maximum absolute atomic E-state index is 11.8. The van der Waals surface area contributed by atoms with Crippen molar-refractivity contribution >= 4 is 5.91 Å². The summed E-state index contributed by atoms with van der Waals surface area (Å²) in [5.74, 6) is 0.335. The molecule has 0 radical (unpaired) electrons. The molecule has 1 amide bonds. The lowest BCUT2D eigenvalue weighted by atomic mass is 9.77. The Hall–Kier alpha value is -0.570. The summed E-state index contributed by atoms with van der Waals surface area (Å²) in [5, 5.41) is 3.04. The van der Waals surface area contributed by atoms with Gasteiger partial charge in [0.15, 0.2) is 0 Å². The number of piperidine rings is 1. The largest absolute Gasteiger partial charge is 0.343 e. The van der Waals surface area contributed by atoms with Gasteiger partial charge >= 0.3 is 0 Å². The Morgan fingerprint density at radius 2 is 1.81 bits per heavy atom. The van der Waals surface area contributed by atoms with E-state index in [2.05, 4.69) is 10.2 Å². The minimum atomic E-state index is 0.335. The third kappa shape index (κ3) is 2.57. The molecule has 2 fully saturated rings. The second-order valence-corrected chi connectivity index (χ2v) is 5.44. The molecule has 1 saturated heterocycles. The fourth-order valence-electron chi connectivity index (χ4n) is 3.25. The van der Waals surface area contributed by atoms with Crippen LogP contribution in [-0.2, 0) is 4.79 Å². The van der Waals surface area contributed by atoms with Gasteiger partial charge in [0.05, 0.1) is 0 Å². The van der Waals surface area contributed by atoms with Crippen molar-refractivity contribution in [2.45, 2.75) is 44.9 Å². The minimum absolute atomic E-state index is 0.335. The molecule has 1 N–H and O–H groups in total. The first-order valence-electron chi connectivity index (χ1n) is 6.68. The second kappa shape index (κ2) is 5.17. The molecule has 0 atom stereocenters. The summed E-state index contributed by atoms with van der Waals surface area (Å²) >= 11 is 0. The average Bonchev–Trinajstić information content (AvgIpc) is 2.75. The summed E-state index contributed by atoms with van der Waals surface area (Å²) in [6.07, 6.45) is 8.79. The van der Waals surface area contributed by atoms with Crippen molar-refractivity contribution < 1.29 is 4.79 Å². The molecule has 0 aromatic carbocycles. The van der Waals surface area contributed by atoms with E-state index < -0.39 is 0 Å². The van der Waals surface area contributed by atoms with Crippen molar-refractivity contribution in [1.82, 2.24) is 10.2 Å². The molecule has 0 bridgehead atoms. The molecule has 16 heavy (non-hydrogen) atoms. The number of hydrogen-bond donors (Lipinski definition) is 1. The number of nitrogens with zero attached hydrogens (tertiary/aromatic N) is 1. The molecular formula is C13H24N2O. The molecule has 0 aromatic rings. The van der Waals surface area contributed by atoms with Gasteiger partial charge in [-0.2, -0.15) is 0 Å². The molecule has 1 spiro atoms. The molecule has 3 nitrogen and oxygen atoms in total. The van der Waals surface area contributed by atoms with Gasteiger partial charge in [0.25, 0.3) is 0 Å². The topological polar surface area (TPSA) is 32.3 Å². The summed E-state index contributed by atoms with van der Waals surface area (Å²) in [7, 11) is 1.90. The zero-order valence-electron chi connectivity index (χ0n) is 10.4. The maximum Gasteiger partial charge on any atom is 0.223 e. The van der Waals surface area contributed by atoms with Crippen molar-refractivity contribution in [2.75, 3.05) is 26.7 Å². The van der Waals surface area contributed by atoms with Gasteiger partial charge in [-0.3, -0.25) is 4.79 Å². The number of likely N-dealkylation sites (tertiary alicyclic amines) is 1. The van der Waals surface area contributed by atoms with E-state index >= 15 is 0 Å². The zero-order valence-corrected chi connectivity index (χ0v) is 10.4. The normalized spacial score (nSPS) is 23.9. The van der Waals surface area contributed by atoms with Crippen molar-refractivity contribution in [1.29, 1.82) is 0 Å². The summed E-state index contributed by atoms with van der Waals surface area (Å²) in [6.45, 7) is 2.81. The minimum Gasteiger partial charge on any atom is -0.343 e. The molecule has 2 aliphatic rings. The van der Waals surface area contributed by atoms with Crippen LogP contribution in [0.25, 0.3) is 0 Å².